The maximum Gasteiger partial charge on any atom is 0.162 e. The summed E-state index contributed by atoms with van der Waals surface area (Å²) >= 11 is 0. The van der Waals surface area contributed by atoms with Gasteiger partial charge >= 0.3 is 0 Å². The van der Waals surface area contributed by atoms with Crippen LogP contribution in [0.5, 0.6) is 5.75 Å². The Kier molecular flexibility index (Phi) is 6.44. The normalized spacial score (nSPS) is 12.2. The van der Waals surface area contributed by atoms with Crippen LogP contribution in [-0.2, 0) is 0 Å². The number of carbonyl (C=O) groups excluding carboxylic acids is 1. The average molecular weight is 249 g/mol. The van der Waals surface area contributed by atoms with Gasteiger partial charge in [-0.3, -0.25) is 4.79 Å². The van der Waals surface area contributed by atoms with Crippen LogP contribution in [0.15, 0.2) is 24.3 Å². The first-order valence-corrected chi connectivity index (χ1v) is 6.65. The summed E-state index contributed by atoms with van der Waals surface area (Å²) in [6, 6.07) is 7.55. The van der Waals surface area contributed by atoms with Gasteiger partial charge in [-0.15, -0.1) is 0 Å². The largest absolute Gasteiger partial charge is 0.494 e. The molecule has 0 radical (unpaired) electrons. The maximum absolute atomic E-state index is 11.9. The third-order valence-electron chi connectivity index (χ3n) is 2.71. The van der Waals surface area contributed by atoms with E-state index in [0.717, 1.165) is 30.6 Å². The number of Topliss-reactive ketones (excluding diaryl/α,β-unsaturated/α-hetero) is 1. The second-order valence-corrected chi connectivity index (χ2v) is 4.67. The Labute approximate surface area is 109 Å². The SMILES string of the molecule is CCCOc1ccc(C(=O)CCCC(C)N)cc1. The summed E-state index contributed by atoms with van der Waals surface area (Å²) < 4.78 is 5.47. The van der Waals surface area contributed by atoms with E-state index in [0.29, 0.717) is 13.0 Å². The lowest BCUT2D eigenvalue weighted by atomic mass is 10.0. The van der Waals surface area contributed by atoms with E-state index in [4.69, 9.17) is 10.5 Å². The number of nitrogens with two attached hydrogens (primary N) is 1. The molecule has 18 heavy (non-hydrogen) atoms. The number of hydrogen-bond donors (Lipinski definition) is 1. The number of hydrogen-bond acceptors (Lipinski definition) is 3. The molecule has 100 valence electrons. The van der Waals surface area contributed by atoms with E-state index >= 15 is 0 Å². The van der Waals surface area contributed by atoms with Crippen molar-refractivity contribution >= 4 is 5.78 Å². The molecule has 3 heteroatoms. The third-order valence-corrected chi connectivity index (χ3v) is 2.71. The highest BCUT2D eigenvalue weighted by Crippen LogP contribution is 2.14. The smallest absolute Gasteiger partial charge is 0.162 e. The van der Waals surface area contributed by atoms with Gasteiger partial charge in [-0.2, -0.15) is 0 Å². The van der Waals surface area contributed by atoms with Crippen molar-refractivity contribution < 1.29 is 9.53 Å². The molecule has 1 atom stereocenters. The van der Waals surface area contributed by atoms with Gasteiger partial charge in [-0.05, 0) is 50.5 Å². The van der Waals surface area contributed by atoms with Crippen molar-refractivity contribution in [3.05, 3.63) is 29.8 Å². The van der Waals surface area contributed by atoms with Crippen molar-refractivity contribution in [2.24, 2.45) is 5.73 Å². The van der Waals surface area contributed by atoms with Gasteiger partial charge < -0.3 is 10.5 Å². The van der Waals surface area contributed by atoms with Crippen LogP contribution in [0.25, 0.3) is 0 Å². The van der Waals surface area contributed by atoms with Crippen LogP contribution in [0, 0.1) is 0 Å². The highest BCUT2D eigenvalue weighted by Gasteiger charge is 2.06. The number of benzene rings is 1. The number of rotatable bonds is 8. The topological polar surface area (TPSA) is 52.3 Å². The predicted molar refractivity (Wildman–Crippen MR) is 74.1 cm³/mol. The van der Waals surface area contributed by atoms with Gasteiger partial charge in [0.2, 0.25) is 0 Å². The third kappa shape index (κ3) is 5.32. The molecular formula is C15H23NO2. The molecule has 0 aliphatic carbocycles. The summed E-state index contributed by atoms with van der Waals surface area (Å²) in [7, 11) is 0. The minimum Gasteiger partial charge on any atom is -0.494 e. The molecule has 0 heterocycles. The Balaban J connectivity index is 2.43. The lowest BCUT2D eigenvalue weighted by molar-refractivity contribution is 0.0979. The Morgan fingerprint density at radius 1 is 1.33 bits per heavy atom. The van der Waals surface area contributed by atoms with Crippen LogP contribution >= 0.6 is 0 Å². The summed E-state index contributed by atoms with van der Waals surface area (Å²) in [6.07, 6.45) is 3.29. The van der Waals surface area contributed by atoms with E-state index in [1.807, 2.05) is 31.2 Å². The van der Waals surface area contributed by atoms with Crippen LogP contribution in [0.3, 0.4) is 0 Å². The van der Waals surface area contributed by atoms with Crippen molar-refractivity contribution in [3.63, 3.8) is 0 Å². The van der Waals surface area contributed by atoms with E-state index < -0.39 is 0 Å². The fraction of sp³-hybridized carbons (Fsp3) is 0.533. The summed E-state index contributed by atoms with van der Waals surface area (Å²) in [5.41, 5.74) is 6.41. The van der Waals surface area contributed by atoms with Gasteiger partial charge in [0.25, 0.3) is 0 Å². The zero-order chi connectivity index (χ0) is 13.4. The van der Waals surface area contributed by atoms with Gasteiger partial charge in [-0.25, -0.2) is 0 Å². The molecule has 0 fully saturated rings. The van der Waals surface area contributed by atoms with E-state index in [2.05, 4.69) is 6.92 Å². The number of carbonyl (C=O) groups is 1. The zero-order valence-electron chi connectivity index (χ0n) is 11.3. The molecule has 0 saturated carbocycles. The summed E-state index contributed by atoms with van der Waals surface area (Å²) in [5, 5.41) is 0. The van der Waals surface area contributed by atoms with Crippen molar-refractivity contribution in [1.29, 1.82) is 0 Å². The van der Waals surface area contributed by atoms with Crippen LogP contribution < -0.4 is 10.5 Å². The molecule has 0 amide bonds. The summed E-state index contributed by atoms with van der Waals surface area (Å²) in [5.74, 6) is 1.00. The molecule has 1 rings (SSSR count). The molecule has 0 spiro atoms. The molecule has 0 bridgehead atoms. The van der Waals surface area contributed by atoms with Crippen LogP contribution in [0.4, 0.5) is 0 Å². The monoisotopic (exact) mass is 249 g/mol. The van der Waals surface area contributed by atoms with Crippen molar-refractivity contribution in [3.8, 4) is 5.75 Å². The maximum atomic E-state index is 11.9. The lowest BCUT2D eigenvalue weighted by Crippen LogP contribution is -2.14. The molecule has 1 aromatic rings. The van der Waals surface area contributed by atoms with Gasteiger partial charge in [0.1, 0.15) is 5.75 Å². The average Bonchev–Trinajstić information content (AvgIpc) is 2.36. The van der Waals surface area contributed by atoms with Gasteiger partial charge in [0, 0.05) is 18.0 Å². The second-order valence-electron chi connectivity index (χ2n) is 4.67. The minimum absolute atomic E-state index is 0.169. The first kappa shape index (κ1) is 14.7. The quantitative estimate of drug-likeness (QED) is 0.720. The standard InChI is InChI=1S/C15H23NO2/c1-3-11-18-14-9-7-13(8-10-14)15(17)6-4-5-12(2)16/h7-10,12H,3-6,11,16H2,1-2H3. The molecule has 1 unspecified atom stereocenters. The molecule has 0 aromatic heterocycles. The number of ether oxygens (including phenoxy) is 1. The summed E-state index contributed by atoms with van der Waals surface area (Å²) in [4.78, 5) is 11.9. The Bertz CT molecular complexity index is 357. The Morgan fingerprint density at radius 2 is 2.00 bits per heavy atom. The van der Waals surface area contributed by atoms with Crippen molar-refractivity contribution in [2.75, 3.05) is 6.61 Å². The van der Waals surface area contributed by atoms with E-state index in [9.17, 15) is 4.79 Å². The molecule has 1 aromatic carbocycles. The van der Waals surface area contributed by atoms with Crippen LogP contribution in [0.2, 0.25) is 0 Å². The van der Waals surface area contributed by atoms with Crippen molar-refractivity contribution in [2.45, 2.75) is 45.6 Å². The Hall–Kier alpha value is -1.35. The molecule has 0 aliphatic heterocycles. The first-order chi connectivity index (χ1) is 8.63. The second kappa shape index (κ2) is 7.88. The van der Waals surface area contributed by atoms with Gasteiger partial charge in [0.05, 0.1) is 6.61 Å². The minimum atomic E-state index is 0.169. The van der Waals surface area contributed by atoms with E-state index in [-0.39, 0.29) is 11.8 Å². The summed E-state index contributed by atoms with van der Waals surface area (Å²) in [6.45, 7) is 4.74. The molecule has 3 nitrogen and oxygen atoms in total. The van der Waals surface area contributed by atoms with Crippen LogP contribution in [-0.4, -0.2) is 18.4 Å². The highest BCUT2D eigenvalue weighted by atomic mass is 16.5. The highest BCUT2D eigenvalue weighted by molar-refractivity contribution is 5.96. The first-order valence-electron chi connectivity index (χ1n) is 6.65. The number of ketones is 1. The fourth-order valence-corrected chi connectivity index (χ4v) is 1.69. The van der Waals surface area contributed by atoms with Gasteiger partial charge in [-0.1, -0.05) is 6.92 Å². The van der Waals surface area contributed by atoms with Gasteiger partial charge in [0.15, 0.2) is 5.78 Å². The van der Waals surface area contributed by atoms with Crippen LogP contribution in [0.1, 0.15) is 49.9 Å². The molecule has 0 aliphatic rings. The van der Waals surface area contributed by atoms with Crippen molar-refractivity contribution in [1.82, 2.24) is 0 Å². The lowest BCUT2D eigenvalue weighted by Gasteiger charge is -2.06. The molecular weight excluding hydrogens is 226 g/mol. The zero-order valence-corrected chi connectivity index (χ0v) is 11.3. The fourth-order valence-electron chi connectivity index (χ4n) is 1.69. The molecule has 2 N–H and O–H groups in total. The molecule has 0 saturated heterocycles. The Morgan fingerprint density at radius 3 is 2.56 bits per heavy atom. The van der Waals surface area contributed by atoms with E-state index in [1.54, 1.807) is 0 Å². The predicted octanol–water partition coefficient (Wildman–Crippen LogP) is 3.18. The van der Waals surface area contributed by atoms with E-state index in [1.165, 1.54) is 0 Å².